The van der Waals surface area contributed by atoms with Gasteiger partial charge in [0.15, 0.2) is 16.3 Å². The van der Waals surface area contributed by atoms with Gasteiger partial charge in [0.05, 0.1) is 31.5 Å². The summed E-state index contributed by atoms with van der Waals surface area (Å²) in [5.74, 6) is 0.925. The van der Waals surface area contributed by atoms with Crippen molar-refractivity contribution in [2.45, 2.75) is 20.4 Å². The maximum Gasteiger partial charge on any atom is 0.279 e. The van der Waals surface area contributed by atoms with Crippen LogP contribution in [0.3, 0.4) is 0 Å². The number of fused-ring (bicyclic) bond motifs is 1. The van der Waals surface area contributed by atoms with Gasteiger partial charge in [0.2, 0.25) is 5.75 Å². The fourth-order valence-electron chi connectivity index (χ4n) is 2.93. The number of amides is 1. The van der Waals surface area contributed by atoms with Crippen molar-refractivity contribution in [3.05, 3.63) is 46.3 Å². The first kappa shape index (κ1) is 19.0. The lowest BCUT2D eigenvalue weighted by molar-refractivity contribution is 0.0997. The lowest BCUT2D eigenvalue weighted by Crippen LogP contribution is -2.16. The maximum absolute atomic E-state index is 12.8. The Bertz CT molecular complexity index is 1040. The molecule has 0 spiro atoms. The average molecular weight is 386 g/mol. The van der Waals surface area contributed by atoms with E-state index in [1.54, 1.807) is 12.1 Å². The number of rotatable bonds is 5. The summed E-state index contributed by atoms with van der Waals surface area (Å²) in [6.07, 6.45) is 0. The van der Waals surface area contributed by atoms with E-state index < -0.39 is 0 Å². The normalized spacial score (nSPS) is 11.7. The van der Waals surface area contributed by atoms with E-state index in [0.29, 0.717) is 27.6 Å². The summed E-state index contributed by atoms with van der Waals surface area (Å²) in [6, 6.07) is 9.45. The third-order valence-corrected chi connectivity index (χ3v) is 5.30. The molecule has 0 fully saturated rings. The van der Waals surface area contributed by atoms with Gasteiger partial charge in [-0.05, 0) is 43.7 Å². The molecule has 142 valence electrons. The van der Waals surface area contributed by atoms with Gasteiger partial charge in [-0.25, -0.2) is 0 Å². The summed E-state index contributed by atoms with van der Waals surface area (Å²) >= 11 is 1.50. The van der Waals surface area contributed by atoms with Crippen LogP contribution in [0.5, 0.6) is 17.2 Å². The topological polar surface area (TPSA) is 62.1 Å². The molecule has 27 heavy (non-hydrogen) atoms. The number of carbonyl (C=O) groups excluding carboxylic acids is 1. The molecule has 0 aliphatic rings. The minimum atomic E-state index is -0.361. The summed E-state index contributed by atoms with van der Waals surface area (Å²) in [6.45, 7) is 4.81. The Morgan fingerprint density at radius 1 is 1.07 bits per heavy atom. The van der Waals surface area contributed by atoms with Gasteiger partial charge in [0.25, 0.3) is 5.91 Å². The van der Waals surface area contributed by atoms with E-state index in [0.717, 1.165) is 16.8 Å². The molecule has 1 amide bonds. The molecule has 0 unspecified atom stereocenters. The molecule has 0 bridgehead atoms. The van der Waals surface area contributed by atoms with E-state index in [2.05, 4.69) is 23.2 Å². The molecule has 0 atom stereocenters. The molecule has 3 aromatic rings. The first-order chi connectivity index (χ1) is 13.0. The van der Waals surface area contributed by atoms with Crippen LogP contribution in [0.25, 0.3) is 10.2 Å². The van der Waals surface area contributed by atoms with Crippen molar-refractivity contribution in [2.24, 2.45) is 4.99 Å². The van der Waals surface area contributed by atoms with Crippen LogP contribution in [-0.4, -0.2) is 31.8 Å². The molecule has 0 saturated heterocycles. The standard InChI is InChI=1S/C20H22N2O4S/c1-6-22-14-8-7-12(2)9-17(14)27-20(22)21-19(23)13-10-15(24-3)18(26-5)16(11-13)25-4/h7-11H,6H2,1-5H3. The molecule has 1 heterocycles. The quantitative estimate of drug-likeness (QED) is 0.669. The van der Waals surface area contributed by atoms with Gasteiger partial charge in [-0.2, -0.15) is 4.99 Å². The van der Waals surface area contributed by atoms with Crippen molar-refractivity contribution < 1.29 is 19.0 Å². The Morgan fingerprint density at radius 2 is 1.74 bits per heavy atom. The molecule has 0 radical (unpaired) electrons. The fourth-order valence-corrected chi connectivity index (χ4v) is 4.12. The molecule has 1 aromatic heterocycles. The van der Waals surface area contributed by atoms with Crippen molar-refractivity contribution in [1.29, 1.82) is 0 Å². The van der Waals surface area contributed by atoms with Crippen LogP contribution in [-0.2, 0) is 6.54 Å². The lowest BCUT2D eigenvalue weighted by atomic mass is 10.1. The number of methoxy groups -OCH3 is 3. The van der Waals surface area contributed by atoms with Crippen LogP contribution < -0.4 is 19.0 Å². The molecule has 0 aliphatic heterocycles. The molecule has 0 N–H and O–H groups in total. The van der Waals surface area contributed by atoms with Crippen LogP contribution in [0.2, 0.25) is 0 Å². The Kier molecular flexibility index (Phi) is 5.51. The van der Waals surface area contributed by atoms with Crippen LogP contribution in [0, 0.1) is 6.92 Å². The van der Waals surface area contributed by atoms with Gasteiger partial charge < -0.3 is 18.8 Å². The second kappa shape index (κ2) is 7.84. The number of hydrogen-bond donors (Lipinski definition) is 0. The van der Waals surface area contributed by atoms with Crippen molar-refractivity contribution in [1.82, 2.24) is 4.57 Å². The van der Waals surface area contributed by atoms with Gasteiger partial charge in [0.1, 0.15) is 0 Å². The molecule has 0 aliphatic carbocycles. The number of aryl methyl sites for hydroxylation is 2. The largest absolute Gasteiger partial charge is 0.493 e. The first-order valence-corrected chi connectivity index (χ1v) is 9.33. The van der Waals surface area contributed by atoms with E-state index in [9.17, 15) is 4.79 Å². The van der Waals surface area contributed by atoms with Gasteiger partial charge in [-0.3, -0.25) is 4.79 Å². The molecular formula is C20H22N2O4S. The second-order valence-corrected chi connectivity index (χ2v) is 6.94. The number of benzene rings is 2. The van der Waals surface area contributed by atoms with Crippen LogP contribution in [0.1, 0.15) is 22.8 Å². The van der Waals surface area contributed by atoms with E-state index >= 15 is 0 Å². The summed E-state index contributed by atoms with van der Waals surface area (Å²) in [5.41, 5.74) is 2.62. The maximum atomic E-state index is 12.8. The van der Waals surface area contributed by atoms with E-state index in [1.165, 1.54) is 38.2 Å². The highest BCUT2D eigenvalue weighted by Gasteiger charge is 2.17. The number of thiazole rings is 1. The number of aromatic nitrogens is 1. The van der Waals surface area contributed by atoms with E-state index in [-0.39, 0.29) is 5.91 Å². The summed E-state index contributed by atoms with van der Waals surface area (Å²) in [4.78, 5) is 17.9. The van der Waals surface area contributed by atoms with Gasteiger partial charge in [0, 0.05) is 12.1 Å². The van der Waals surface area contributed by atoms with Gasteiger partial charge in [-0.15, -0.1) is 0 Å². The van der Waals surface area contributed by atoms with E-state index in [1.807, 2.05) is 18.4 Å². The van der Waals surface area contributed by atoms with Crippen LogP contribution in [0.15, 0.2) is 35.3 Å². The number of nitrogens with zero attached hydrogens (tertiary/aromatic N) is 2. The van der Waals surface area contributed by atoms with Crippen molar-refractivity contribution >= 4 is 27.5 Å². The molecular weight excluding hydrogens is 364 g/mol. The zero-order valence-corrected chi connectivity index (χ0v) is 16.8. The van der Waals surface area contributed by atoms with Crippen molar-refractivity contribution in [2.75, 3.05) is 21.3 Å². The number of ether oxygens (including phenoxy) is 3. The predicted octanol–water partition coefficient (Wildman–Crippen LogP) is 3.80. The van der Waals surface area contributed by atoms with Gasteiger partial charge >= 0.3 is 0 Å². The Hall–Kier alpha value is -2.80. The van der Waals surface area contributed by atoms with E-state index in [4.69, 9.17) is 14.2 Å². The molecule has 0 saturated carbocycles. The van der Waals surface area contributed by atoms with Crippen molar-refractivity contribution in [3.8, 4) is 17.2 Å². The SMILES string of the molecule is CCn1c(=NC(=O)c2cc(OC)c(OC)c(OC)c2)sc2cc(C)ccc21. The molecule has 2 aromatic carbocycles. The number of carbonyl (C=O) groups is 1. The zero-order valence-electron chi connectivity index (χ0n) is 16.0. The molecule has 3 rings (SSSR count). The Labute approximate surface area is 161 Å². The summed E-state index contributed by atoms with van der Waals surface area (Å²) in [5, 5.41) is 0. The smallest absolute Gasteiger partial charge is 0.279 e. The third-order valence-electron chi connectivity index (χ3n) is 4.26. The Balaban J connectivity index is 2.13. The predicted molar refractivity (Wildman–Crippen MR) is 106 cm³/mol. The highest BCUT2D eigenvalue weighted by molar-refractivity contribution is 7.16. The first-order valence-electron chi connectivity index (χ1n) is 8.51. The lowest BCUT2D eigenvalue weighted by Gasteiger charge is -2.12. The zero-order chi connectivity index (χ0) is 19.6. The van der Waals surface area contributed by atoms with Crippen LogP contribution >= 0.6 is 11.3 Å². The van der Waals surface area contributed by atoms with Crippen LogP contribution in [0.4, 0.5) is 0 Å². The highest BCUT2D eigenvalue weighted by atomic mass is 32.1. The molecule has 6 nitrogen and oxygen atoms in total. The third kappa shape index (κ3) is 3.55. The highest BCUT2D eigenvalue weighted by Crippen LogP contribution is 2.38. The summed E-state index contributed by atoms with van der Waals surface area (Å²) in [7, 11) is 4.56. The minimum Gasteiger partial charge on any atom is -0.493 e. The van der Waals surface area contributed by atoms with Gasteiger partial charge in [-0.1, -0.05) is 17.4 Å². The second-order valence-electron chi connectivity index (χ2n) is 5.93. The fraction of sp³-hybridized carbons (Fsp3) is 0.300. The van der Waals surface area contributed by atoms with Crippen molar-refractivity contribution in [3.63, 3.8) is 0 Å². The average Bonchev–Trinajstić information content (AvgIpc) is 3.02. The number of hydrogen-bond acceptors (Lipinski definition) is 5. The summed E-state index contributed by atoms with van der Waals surface area (Å²) < 4.78 is 19.1. The molecule has 7 heteroatoms. The minimum absolute atomic E-state index is 0.361. The monoisotopic (exact) mass is 386 g/mol. The Morgan fingerprint density at radius 3 is 2.30 bits per heavy atom.